The van der Waals surface area contributed by atoms with Crippen molar-refractivity contribution in [2.24, 2.45) is 0 Å². The van der Waals surface area contributed by atoms with Gasteiger partial charge in [0.15, 0.2) is 6.10 Å². The summed E-state index contributed by atoms with van der Waals surface area (Å²) in [5.74, 6) is -2.13. The van der Waals surface area contributed by atoms with Gasteiger partial charge in [-0.2, -0.15) is 0 Å². The molecule has 0 saturated heterocycles. The zero-order chi connectivity index (χ0) is 63.3. The molecule has 87 heavy (non-hydrogen) atoms. The summed E-state index contributed by atoms with van der Waals surface area (Å²) >= 11 is 0. The Hall–Kier alpha value is -6.39. The van der Waals surface area contributed by atoms with E-state index in [1.165, 1.54) is 0 Å². The lowest BCUT2D eigenvalue weighted by molar-refractivity contribution is -0.870. The third kappa shape index (κ3) is 67.0. The van der Waals surface area contributed by atoms with Gasteiger partial charge in [-0.3, -0.25) is 9.59 Å². The van der Waals surface area contributed by atoms with Crippen LogP contribution in [0.3, 0.4) is 0 Å². The molecule has 0 fully saturated rings. The fourth-order valence-electron chi connectivity index (χ4n) is 7.76. The summed E-state index contributed by atoms with van der Waals surface area (Å²) in [6.07, 6.45) is 102. The van der Waals surface area contributed by atoms with Gasteiger partial charge in [-0.15, -0.1) is 0 Å². The van der Waals surface area contributed by atoms with Crippen LogP contribution in [0, 0.1) is 0 Å². The lowest BCUT2D eigenvalue weighted by Gasteiger charge is -2.25. The Morgan fingerprint density at radius 2 is 0.621 bits per heavy atom. The molecular weight excluding hydrogens is 1080 g/mol. The molecule has 0 rings (SSSR count). The van der Waals surface area contributed by atoms with E-state index >= 15 is 0 Å². The van der Waals surface area contributed by atoms with Gasteiger partial charge in [0, 0.05) is 12.8 Å². The van der Waals surface area contributed by atoms with Crippen molar-refractivity contribution in [3.8, 4) is 0 Å². The number of carboxylic acids is 1. The highest BCUT2D eigenvalue weighted by atomic mass is 16.7. The fraction of sp³-hybridized carbons (Fsp3) is 0.500. The number of carbonyl (C=O) groups excluding carboxylic acids is 2. The average Bonchev–Trinajstić information content (AvgIpc) is 3.57. The standard InChI is InChI=1S/C78H117NO8/c1-6-8-10-12-14-16-18-20-22-24-26-28-30-32-33-34-35-36-37-38-39-40-41-42-43-45-47-49-51-53-55-57-59-61-63-65-67-69-76(81)87-74(73-86-78(77(82)83)84-71-70-79(3,4)5)72-85-75(80)68-66-64-62-60-58-56-54-52-50-48-46-44-31-29-27-25-23-21-19-17-15-13-11-9-7-2/h8-11,14-17,20-23,26-29,32-33,35-36,38-39,41-42,44-47,50-53,56-59,74,78H,6-7,12-13,18-19,24-25,30-31,34,37,40,43,48-49,54-55,60-73H2,1-5H3/p+1/b10-8-,11-9-,16-14-,17-15-,22-20-,23-21-,28-26-,29-27-,33-32-,36-35-,39-38-,42-41-,46-44-,47-45-,52-50-,53-51-,58-56-,59-57-. The summed E-state index contributed by atoms with van der Waals surface area (Å²) in [6.45, 7) is 4.52. The van der Waals surface area contributed by atoms with E-state index in [2.05, 4.69) is 233 Å². The van der Waals surface area contributed by atoms with Crippen LogP contribution in [-0.2, 0) is 33.3 Å². The molecule has 1 N–H and O–H groups in total. The van der Waals surface area contributed by atoms with Gasteiger partial charge in [0.25, 0.3) is 6.29 Å². The predicted octanol–water partition coefficient (Wildman–Crippen LogP) is 20.6. The second-order valence-electron chi connectivity index (χ2n) is 22.0. The first-order chi connectivity index (χ1) is 42.6. The van der Waals surface area contributed by atoms with Crippen LogP contribution in [-0.4, -0.2) is 87.4 Å². The molecule has 9 nitrogen and oxygen atoms in total. The smallest absolute Gasteiger partial charge is 0.361 e. The first-order valence-electron chi connectivity index (χ1n) is 32.9. The van der Waals surface area contributed by atoms with Crippen LogP contribution in [0.2, 0.25) is 0 Å². The van der Waals surface area contributed by atoms with Gasteiger partial charge >= 0.3 is 17.9 Å². The Balaban J connectivity index is 4.39. The summed E-state index contributed by atoms with van der Waals surface area (Å²) in [4.78, 5) is 37.5. The molecule has 0 aliphatic carbocycles. The summed E-state index contributed by atoms with van der Waals surface area (Å²) in [5.41, 5.74) is 0. The molecule has 2 atom stereocenters. The second kappa shape index (κ2) is 65.6. The van der Waals surface area contributed by atoms with Crippen LogP contribution < -0.4 is 0 Å². The number of rotatable bonds is 57. The number of hydrogen-bond donors (Lipinski definition) is 1. The minimum Gasteiger partial charge on any atom is -0.477 e. The molecule has 482 valence electrons. The predicted molar refractivity (Wildman–Crippen MR) is 372 cm³/mol. The Kier molecular flexibility index (Phi) is 60.8. The van der Waals surface area contributed by atoms with E-state index in [-0.39, 0.29) is 32.7 Å². The third-order valence-electron chi connectivity index (χ3n) is 12.7. The molecule has 0 aromatic rings. The van der Waals surface area contributed by atoms with Crippen molar-refractivity contribution in [1.82, 2.24) is 0 Å². The molecule has 0 aliphatic rings. The first-order valence-corrected chi connectivity index (χ1v) is 32.9. The molecule has 0 spiro atoms. The highest BCUT2D eigenvalue weighted by Gasteiger charge is 2.25. The van der Waals surface area contributed by atoms with E-state index in [4.69, 9.17) is 18.9 Å². The molecule has 0 aromatic carbocycles. The Morgan fingerprint density at radius 1 is 0.345 bits per heavy atom. The van der Waals surface area contributed by atoms with Crippen molar-refractivity contribution in [3.63, 3.8) is 0 Å². The zero-order valence-corrected chi connectivity index (χ0v) is 54.8. The molecule has 0 aliphatic heterocycles. The quantitative estimate of drug-likeness (QED) is 0.0211. The molecule has 0 bridgehead atoms. The Bertz CT molecular complexity index is 2230. The topological polar surface area (TPSA) is 108 Å². The minimum absolute atomic E-state index is 0.161. The van der Waals surface area contributed by atoms with Gasteiger partial charge in [0.2, 0.25) is 0 Å². The SMILES string of the molecule is CC/C=C\C/C=C\C/C=C\C/C=C\C/C=C\C/C=C\C/C=C\C/C=C\C/C=C\C/C=C\C/C=C\CCCCCC(=O)OC(COC(=O)CCCCC/C=C\C/C=C\C/C=C\C/C=C\C/C=C\C/C=C\C/C=C\CC)COC(OCC[N+](C)(C)C)C(=O)O. The number of quaternary nitrogens is 1. The van der Waals surface area contributed by atoms with Crippen LogP contribution in [0.4, 0.5) is 0 Å². The number of aliphatic carboxylic acids is 1. The summed E-state index contributed by atoms with van der Waals surface area (Å²) in [5, 5.41) is 9.73. The number of allylic oxidation sites excluding steroid dienone is 36. The maximum Gasteiger partial charge on any atom is 0.361 e. The normalized spacial score (nSPS) is 14.2. The fourth-order valence-corrected chi connectivity index (χ4v) is 7.76. The molecule has 9 heteroatoms. The molecule has 2 unspecified atom stereocenters. The first kappa shape index (κ1) is 80.6. The zero-order valence-electron chi connectivity index (χ0n) is 54.8. The van der Waals surface area contributed by atoms with E-state index in [0.717, 1.165) is 154 Å². The van der Waals surface area contributed by atoms with Crippen LogP contribution in [0.15, 0.2) is 219 Å². The van der Waals surface area contributed by atoms with Crippen molar-refractivity contribution in [3.05, 3.63) is 219 Å². The van der Waals surface area contributed by atoms with E-state index in [1.54, 1.807) is 0 Å². The molecular formula is C78H118NO8+. The van der Waals surface area contributed by atoms with E-state index in [1.807, 2.05) is 21.1 Å². The number of hydrogen-bond acceptors (Lipinski definition) is 7. The molecule has 0 aromatic heterocycles. The van der Waals surface area contributed by atoms with Crippen molar-refractivity contribution >= 4 is 17.9 Å². The van der Waals surface area contributed by atoms with Crippen molar-refractivity contribution in [1.29, 1.82) is 0 Å². The molecule has 0 amide bonds. The van der Waals surface area contributed by atoms with E-state index < -0.39 is 30.3 Å². The lowest BCUT2D eigenvalue weighted by Crippen LogP contribution is -2.40. The van der Waals surface area contributed by atoms with Crippen molar-refractivity contribution in [2.75, 3.05) is 47.5 Å². The van der Waals surface area contributed by atoms with Gasteiger partial charge in [-0.25, -0.2) is 4.79 Å². The van der Waals surface area contributed by atoms with Crippen LogP contribution in [0.5, 0.6) is 0 Å². The number of likely N-dealkylation sites (N-methyl/N-ethyl adjacent to an activating group) is 1. The number of esters is 2. The highest BCUT2D eigenvalue weighted by molar-refractivity contribution is 5.71. The van der Waals surface area contributed by atoms with Crippen molar-refractivity contribution < 1.29 is 42.9 Å². The van der Waals surface area contributed by atoms with Crippen LogP contribution >= 0.6 is 0 Å². The Labute approximate surface area is 530 Å². The summed E-state index contributed by atoms with van der Waals surface area (Å²) < 4.78 is 22.8. The van der Waals surface area contributed by atoms with Crippen molar-refractivity contribution in [2.45, 2.75) is 206 Å². The summed E-state index contributed by atoms with van der Waals surface area (Å²) in [6, 6.07) is 0. The molecule has 0 radical (unpaired) electrons. The molecule has 0 saturated carbocycles. The lowest BCUT2D eigenvalue weighted by atomic mass is 10.1. The number of carboxylic acid groups (broad SMARTS) is 1. The highest BCUT2D eigenvalue weighted by Crippen LogP contribution is 2.11. The van der Waals surface area contributed by atoms with E-state index in [0.29, 0.717) is 23.9 Å². The number of unbranched alkanes of at least 4 members (excludes halogenated alkanes) is 6. The number of carbonyl (C=O) groups is 3. The number of ether oxygens (including phenoxy) is 4. The van der Waals surface area contributed by atoms with E-state index in [9.17, 15) is 19.5 Å². The van der Waals surface area contributed by atoms with Crippen LogP contribution in [0.1, 0.15) is 194 Å². The van der Waals surface area contributed by atoms with Gasteiger partial charge < -0.3 is 28.5 Å². The molecule has 0 heterocycles. The average molecular weight is 1200 g/mol. The van der Waals surface area contributed by atoms with Crippen LogP contribution in [0.25, 0.3) is 0 Å². The van der Waals surface area contributed by atoms with Gasteiger partial charge in [-0.05, 0) is 154 Å². The maximum atomic E-state index is 12.9. The van der Waals surface area contributed by atoms with Gasteiger partial charge in [0.05, 0.1) is 34.4 Å². The maximum absolute atomic E-state index is 12.9. The third-order valence-corrected chi connectivity index (χ3v) is 12.7. The van der Waals surface area contributed by atoms with Gasteiger partial charge in [0.1, 0.15) is 13.2 Å². The monoisotopic (exact) mass is 1200 g/mol. The Morgan fingerprint density at radius 3 is 0.897 bits per heavy atom. The summed E-state index contributed by atoms with van der Waals surface area (Å²) in [7, 11) is 5.93. The largest absolute Gasteiger partial charge is 0.477 e. The minimum atomic E-state index is -1.55. The number of nitrogens with zero attached hydrogens (tertiary/aromatic N) is 1. The second-order valence-corrected chi connectivity index (χ2v) is 22.0. The van der Waals surface area contributed by atoms with Gasteiger partial charge in [-0.1, -0.05) is 245 Å².